The molecule has 0 radical (unpaired) electrons. The van der Waals surface area contributed by atoms with Gasteiger partial charge in [0.25, 0.3) is 0 Å². The Bertz CT molecular complexity index is 503. The van der Waals surface area contributed by atoms with Crippen LogP contribution in [0.5, 0.6) is 11.5 Å². The molecular formula is C6H11NaO11S2. The van der Waals surface area contributed by atoms with Crippen molar-refractivity contribution in [3.8, 4) is 11.5 Å². The monoisotopic (exact) mass is 346 g/mol. The van der Waals surface area contributed by atoms with E-state index in [1.54, 1.807) is 0 Å². The van der Waals surface area contributed by atoms with Crippen LogP contribution in [0.2, 0.25) is 0 Å². The van der Waals surface area contributed by atoms with Gasteiger partial charge < -0.3 is 9.99 Å². The second-order valence-electron chi connectivity index (χ2n) is 2.48. The fourth-order valence-corrected chi connectivity index (χ4v) is 0.507. The number of rotatable bonds is 1. The van der Waals surface area contributed by atoms with Crippen LogP contribution in [0.3, 0.4) is 0 Å². The standard InChI is InChI=1S/C6H6O3.Na.2H2O4S.H/c7-5-1-3-6(9-8)4-2-5;;2*1-5(2,3)4;/h1-4,7-8H;;2*(H2,1,2,3,4);. The predicted octanol–water partition coefficient (Wildman–Crippen LogP) is -0.710. The molecule has 0 aliphatic carbocycles. The van der Waals surface area contributed by atoms with Crippen LogP contribution in [0.4, 0.5) is 0 Å². The first-order chi connectivity index (χ1) is 8.33. The second kappa shape index (κ2) is 11.2. The SMILES string of the molecule is O=S(=O)(O)O.O=S(=O)(O)O.OOc1ccc(O)cc1.[NaH]. The molecule has 0 atom stereocenters. The Kier molecular flexibility index (Phi) is 13.7. The van der Waals surface area contributed by atoms with Crippen molar-refractivity contribution in [1.82, 2.24) is 0 Å². The first-order valence-electron chi connectivity index (χ1n) is 3.83. The van der Waals surface area contributed by atoms with Crippen LogP contribution in [0.1, 0.15) is 0 Å². The Hall–Kier alpha value is -0.480. The van der Waals surface area contributed by atoms with Gasteiger partial charge in [-0.3, -0.25) is 18.2 Å². The first kappa shape index (κ1) is 24.5. The number of phenolic OH excluding ortho intramolecular Hbond substituents is 1. The summed E-state index contributed by atoms with van der Waals surface area (Å²) in [5, 5.41) is 16.8. The van der Waals surface area contributed by atoms with Crippen LogP contribution < -0.4 is 4.89 Å². The summed E-state index contributed by atoms with van der Waals surface area (Å²) in [7, 11) is -9.33. The predicted molar refractivity (Wildman–Crippen MR) is 66.9 cm³/mol. The molecule has 20 heavy (non-hydrogen) atoms. The normalized spacial score (nSPS) is 9.85. The van der Waals surface area contributed by atoms with E-state index in [2.05, 4.69) is 4.89 Å². The fraction of sp³-hybridized carbons (Fsp3) is 0. The quantitative estimate of drug-likeness (QED) is 0.162. The molecule has 14 heteroatoms. The van der Waals surface area contributed by atoms with Crippen LogP contribution in [0.15, 0.2) is 24.3 Å². The molecular weight excluding hydrogens is 335 g/mol. The van der Waals surface area contributed by atoms with Gasteiger partial charge in [-0.1, -0.05) is 0 Å². The van der Waals surface area contributed by atoms with Crippen LogP contribution in [-0.2, 0) is 20.8 Å². The van der Waals surface area contributed by atoms with Crippen molar-refractivity contribution in [1.29, 1.82) is 0 Å². The van der Waals surface area contributed by atoms with Crippen LogP contribution >= 0.6 is 0 Å². The Balaban J connectivity index is -0.000000230. The third kappa shape index (κ3) is 36.0. The maximum absolute atomic E-state index is 8.74. The van der Waals surface area contributed by atoms with Crippen LogP contribution in [0.25, 0.3) is 0 Å². The summed E-state index contributed by atoms with van der Waals surface area (Å²) in [5.41, 5.74) is 0. The van der Waals surface area contributed by atoms with E-state index >= 15 is 0 Å². The molecule has 0 unspecified atom stereocenters. The molecule has 0 aliphatic heterocycles. The molecule has 0 heterocycles. The van der Waals surface area contributed by atoms with Gasteiger partial charge in [0.1, 0.15) is 5.75 Å². The van der Waals surface area contributed by atoms with Gasteiger partial charge in [0, 0.05) is 0 Å². The molecule has 0 spiro atoms. The van der Waals surface area contributed by atoms with Gasteiger partial charge in [-0.25, -0.2) is 5.26 Å². The third-order valence-electron chi connectivity index (χ3n) is 0.942. The number of hydrogen-bond acceptors (Lipinski definition) is 7. The van der Waals surface area contributed by atoms with Crippen molar-refractivity contribution < 1.29 is 50.3 Å². The van der Waals surface area contributed by atoms with E-state index in [1.807, 2.05) is 0 Å². The summed E-state index contributed by atoms with van der Waals surface area (Å²) in [4.78, 5) is 3.86. The average Bonchev–Trinajstić information content (AvgIpc) is 2.13. The molecule has 0 fully saturated rings. The molecule has 0 bridgehead atoms. The van der Waals surface area contributed by atoms with Crippen molar-refractivity contribution >= 4 is 50.4 Å². The van der Waals surface area contributed by atoms with Crippen molar-refractivity contribution in [3.05, 3.63) is 24.3 Å². The van der Waals surface area contributed by atoms with E-state index in [0.29, 0.717) is 5.75 Å². The van der Waals surface area contributed by atoms with Crippen LogP contribution in [0, 0.1) is 0 Å². The van der Waals surface area contributed by atoms with Gasteiger partial charge in [0.2, 0.25) is 0 Å². The minimum absolute atomic E-state index is 0. The zero-order chi connectivity index (χ0) is 15.7. The summed E-state index contributed by atoms with van der Waals surface area (Å²) >= 11 is 0. The molecule has 0 aromatic heterocycles. The molecule has 1 rings (SSSR count). The van der Waals surface area contributed by atoms with Gasteiger partial charge in [0.15, 0.2) is 5.75 Å². The molecule has 11 nitrogen and oxygen atoms in total. The van der Waals surface area contributed by atoms with E-state index < -0.39 is 20.8 Å². The summed E-state index contributed by atoms with van der Waals surface area (Å²) in [6.45, 7) is 0. The van der Waals surface area contributed by atoms with Gasteiger partial charge >= 0.3 is 50.4 Å². The maximum atomic E-state index is 8.74. The number of aromatic hydroxyl groups is 1. The van der Waals surface area contributed by atoms with E-state index in [9.17, 15) is 0 Å². The Morgan fingerprint density at radius 3 is 1.25 bits per heavy atom. The minimum atomic E-state index is -4.67. The Morgan fingerprint density at radius 1 is 0.800 bits per heavy atom. The van der Waals surface area contributed by atoms with Crippen LogP contribution in [-0.4, -0.2) is 75.0 Å². The van der Waals surface area contributed by atoms with E-state index in [1.165, 1.54) is 24.3 Å². The molecule has 6 N–H and O–H groups in total. The molecule has 0 aliphatic rings. The van der Waals surface area contributed by atoms with E-state index in [0.717, 1.165) is 0 Å². The Labute approximate surface area is 136 Å². The summed E-state index contributed by atoms with van der Waals surface area (Å²) in [6, 6.07) is 5.75. The zero-order valence-corrected chi connectivity index (χ0v) is 10.5. The third-order valence-corrected chi connectivity index (χ3v) is 0.942. The fourth-order valence-electron chi connectivity index (χ4n) is 0.507. The van der Waals surface area contributed by atoms with Crippen molar-refractivity contribution in [2.75, 3.05) is 0 Å². The van der Waals surface area contributed by atoms with Crippen molar-refractivity contribution in [3.63, 3.8) is 0 Å². The number of hydrogen-bond donors (Lipinski definition) is 6. The zero-order valence-electron chi connectivity index (χ0n) is 8.85. The van der Waals surface area contributed by atoms with Gasteiger partial charge in [-0.05, 0) is 24.3 Å². The second-order valence-corrected chi connectivity index (χ2v) is 4.27. The van der Waals surface area contributed by atoms with Gasteiger partial charge in [-0.15, -0.1) is 0 Å². The molecule has 0 saturated heterocycles. The van der Waals surface area contributed by atoms with E-state index in [4.69, 9.17) is 45.4 Å². The molecule has 1 aromatic carbocycles. The Morgan fingerprint density at radius 2 is 1.05 bits per heavy atom. The summed E-state index contributed by atoms with van der Waals surface area (Å²) in [6.07, 6.45) is 0. The van der Waals surface area contributed by atoms with Gasteiger partial charge in [0.05, 0.1) is 0 Å². The molecule has 0 amide bonds. The first-order valence-corrected chi connectivity index (χ1v) is 6.62. The topological polar surface area (TPSA) is 199 Å². The molecule has 1 aromatic rings. The number of phenols is 1. The van der Waals surface area contributed by atoms with E-state index in [-0.39, 0.29) is 35.3 Å². The molecule has 0 saturated carbocycles. The van der Waals surface area contributed by atoms with Crippen molar-refractivity contribution in [2.45, 2.75) is 0 Å². The summed E-state index contributed by atoms with van der Waals surface area (Å²) < 4.78 is 63.2. The van der Waals surface area contributed by atoms with Gasteiger partial charge in [-0.2, -0.15) is 16.8 Å². The average molecular weight is 346 g/mol. The molecule has 114 valence electrons. The summed E-state index contributed by atoms with van der Waals surface area (Å²) in [5.74, 6) is 0.462. The van der Waals surface area contributed by atoms with Crippen molar-refractivity contribution in [2.24, 2.45) is 0 Å². The number of benzene rings is 1.